The molecule has 2 heteroatoms. The van der Waals surface area contributed by atoms with Gasteiger partial charge in [0.05, 0.1) is 6.10 Å². The Labute approximate surface area is 218 Å². The number of aliphatic hydroxyl groups is 1. The fourth-order valence-electron chi connectivity index (χ4n) is 5.78. The summed E-state index contributed by atoms with van der Waals surface area (Å²) in [6.07, 6.45) is 12.4. The molecule has 4 aromatic rings. The maximum absolute atomic E-state index is 11.7. The third-order valence-corrected chi connectivity index (χ3v) is 7.75. The van der Waals surface area contributed by atoms with Gasteiger partial charge in [0.1, 0.15) is 0 Å². The molecule has 0 aromatic heterocycles. The molecular weight excluding hydrogens is 438 g/mol. The van der Waals surface area contributed by atoms with Gasteiger partial charge in [-0.25, -0.2) is 0 Å². The molecule has 0 aliphatic rings. The zero-order valence-electron chi connectivity index (χ0n) is 22.5. The van der Waals surface area contributed by atoms with Gasteiger partial charge in [-0.2, -0.15) is 0 Å². The van der Waals surface area contributed by atoms with Gasteiger partial charge in [0.15, 0.2) is 0 Å². The molecule has 192 valence electrons. The van der Waals surface area contributed by atoms with E-state index in [9.17, 15) is 5.11 Å². The first-order chi connectivity index (χ1) is 17.7. The molecule has 2 nitrogen and oxygen atoms in total. The van der Waals surface area contributed by atoms with Crippen LogP contribution < -0.4 is 0 Å². The first-order valence-corrected chi connectivity index (χ1v) is 14.5. The van der Waals surface area contributed by atoms with Crippen molar-refractivity contribution < 1.29 is 5.11 Å². The summed E-state index contributed by atoms with van der Waals surface area (Å²) in [6.45, 7) is 7.43. The van der Waals surface area contributed by atoms with E-state index in [0.29, 0.717) is 6.54 Å². The van der Waals surface area contributed by atoms with Crippen LogP contribution in [0, 0.1) is 0 Å². The Kier molecular flexibility index (Phi) is 10.2. The SMILES string of the molecule is CCCCCCCN(CCCCCCC)CC(O)c1cccc2c3ccccc3c3ccccc3c12. The van der Waals surface area contributed by atoms with Crippen molar-refractivity contribution in [2.75, 3.05) is 19.6 Å². The van der Waals surface area contributed by atoms with Gasteiger partial charge in [-0.15, -0.1) is 0 Å². The largest absolute Gasteiger partial charge is 0.387 e. The smallest absolute Gasteiger partial charge is 0.0923 e. The molecule has 0 saturated carbocycles. The number of nitrogens with zero attached hydrogens (tertiary/aromatic N) is 1. The monoisotopic (exact) mass is 483 g/mol. The summed E-state index contributed by atoms with van der Waals surface area (Å²) >= 11 is 0. The van der Waals surface area contributed by atoms with E-state index in [4.69, 9.17) is 0 Å². The van der Waals surface area contributed by atoms with E-state index in [1.165, 1.54) is 96.5 Å². The summed E-state index contributed by atoms with van der Waals surface area (Å²) < 4.78 is 0. The highest BCUT2D eigenvalue weighted by Gasteiger charge is 2.19. The highest BCUT2D eigenvalue weighted by molar-refractivity contribution is 6.26. The van der Waals surface area contributed by atoms with Gasteiger partial charge in [0.25, 0.3) is 0 Å². The van der Waals surface area contributed by atoms with Crippen molar-refractivity contribution >= 4 is 32.3 Å². The molecule has 0 saturated heterocycles. The maximum Gasteiger partial charge on any atom is 0.0923 e. The number of unbranched alkanes of at least 4 members (excludes halogenated alkanes) is 8. The summed E-state index contributed by atoms with van der Waals surface area (Å²) in [7, 11) is 0. The van der Waals surface area contributed by atoms with Crippen molar-refractivity contribution in [3.63, 3.8) is 0 Å². The minimum Gasteiger partial charge on any atom is -0.387 e. The summed E-state index contributed by atoms with van der Waals surface area (Å²) in [5.74, 6) is 0. The summed E-state index contributed by atoms with van der Waals surface area (Å²) in [6, 6.07) is 23.9. The average molecular weight is 484 g/mol. The highest BCUT2D eigenvalue weighted by Crippen LogP contribution is 2.38. The molecule has 1 N–H and O–H groups in total. The lowest BCUT2D eigenvalue weighted by molar-refractivity contribution is 0.111. The number of rotatable bonds is 15. The molecule has 0 aliphatic heterocycles. The van der Waals surface area contributed by atoms with Crippen molar-refractivity contribution in [1.82, 2.24) is 4.90 Å². The minimum absolute atomic E-state index is 0.496. The molecule has 4 aromatic carbocycles. The van der Waals surface area contributed by atoms with Crippen LogP contribution in [0.5, 0.6) is 0 Å². The van der Waals surface area contributed by atoms with Crippen LogP contribution in [0.3, 0.4) is 0 Å². The fraction of sp³-hybridized carbons (Fsp3) is 0.471. The van der Waals surface area contributed by atoms with E-state index < -0.39 is 6.10 Å². The molecular formula is C34H45NO. The average Bonchev–Trinajstić information content (AvgIpc) is 2.92. The summed E-state index contributed by atoms with van der Waals surface area (Å²) in [5, 5.41) is 19.2. The van der Waals surface area contributed by atoms with Crippen LogP contribution in [0.4, 0.5) is 0 Å². The van der Waals surface area contributed by atoms with Crippen LogP contribution in [-0.2, 0) is 0 Å². The standard InChI is InChI=1S/C34H45NO/c1-3-5-7-9-15-24-35(25-16-10-8-6-4-2)26-33(36)32-23-17-22-31-29-19-12-11-18-27(29)28-20-13-14-21-30(28)34(31)32/h11-14,17-23,33,36H,3-10,15-16,24-26H2,1-2H3. The molecule has 0 radical (unpaired) electrons. The molecule has 0 aliphatic carbocycles. The molecule has 4 rings (SSSR count). The zero-order valence-corrected chi connectivity index (χ0v) is 22.5. The second-order valence-electron chi connectivity index (χ2n) is 10.5. The highest BCUT2D eigenvalue weighted by atomic mass is 16.3. The van der Waals surface area contributed by atoms with Crippen LogP contribution in [0.25, 0.3) is 32.3 Å². The van der Waals surface area contributed by atoms with Gasteiger partial charge < -0.3 is 10.0 Å². The third-order valence-electron chi connectivity index (χ3n) is 7.75. The molecule has 36 heavy (non-hydrogen) atoms. The van der Waals surface area contributed by atoms with E-state index in [-0.39, 0.29) is 0 Å². The predicted molar refractivity (Wildman–Crippen MR) is 158 cm³/mol. The van der Waals surface area contributed by atoms with Gasteiger partial charge in [-0.3, -0.25) is 0 Å². The van der Waals surface area contributed by atoms with E-state index >= 15 is 0 Å². The van der Waals surface area contributed by atoms with Crippen molar-refractivity contribution in [2.45, 2.75) is 84.2 Å². The van der Waals surface area contributed by atoms with E-state index in [2.05, 4.69) is 85.5 Å². The summed E-state index contributed by atoms with van der Waals surface area (Å²) in [5.41, 5.74) is 1.07. The molecule has 0 spiro atoms. The van der Waals surface area contributed by atoms with Crippen LogP contribution in [0.1, 0.15) is 89.7 Å². The molecule has 0 fully saturated rings. The minimum atomic E-state index is -0.496. The Morgan fingerprint density at radius 2 is 1.00 bits per heavy atom. The first-order valence-electron chi connectivity index (χ1n) is 14.5. The molecule has 0 heterocycles. The van der Waals surface area contributed by atoms with Crippen molar-refractivity contribution in [2.24, 2.45) is 0 Å². The van der Waals surface area contributed by atoms with Crippen molar-refractivity contribution in [1.29, 1.82) is 0 Å². The Morgan fingerprint density at radius 1 is 0.556 bits per heavy atom. The molecule has 0 amide bonds. The normalized spacial score (nSPS) is 12.8. The lowest BCUT2D eigenvalue weighted by Gasteiger charge is -2.26. The zero-order chi connectivity index (χ0) is 25.2. The van der Waals surface area contributed by atoms with Crippen molar-refractivity contribution in [3.8, 4) is 0 Å². The number of hydrogen-bond donors (Lipinski definition) is 1. The maximum atomic E-state index is 11.7. The number of fused-ring (bicyclic) bond motifs is 6. The number of aliphatic hydroxyl groups excluding tert-OH is 1. The molecule has 1 atom stereocenters. The van der Waals surface area contributed by atoms with Gasteiger partial charge in [-0.05, 0) is 63.8 Å². The van der Waals surface area contributed by atoms with E-state index in [1.807, 2.05) is 0 Å². The molecule has 1 unspecified atom stereocenters. The Bertz CT molecular complexity index is 1170. The second kappa shape index (κ2) is 13.8. The van der Waals surface area contributed by atoms with Crippen molar-refractivity contribution in [3.05, 3.63) is 72.3 Å². The van der Waals surface area contributed by atoms with Crippen LogP contribution in [0.2, 0.25) is 0 Å². The number of benzene rings is 4. The lowest BCUT2D eigenvalue weighted by Crippen LogP contribution is -2.31. The molecule has 0 bridgehead atoms. The van der Waals surface area contributed by atoms with E-state index in [1.54, 1.807) is 0 Å². The van der Waals surface area contributed by atoms with Gasteiger partial charge in [0, 0.05) is 6.54 Å². The second-order valence-corrected chi connectivity index (χ2v) is 10.5. The van der Waals surface area contributed by atoms with Gasteiger partial charge in [-0.1, -0.05) is 132 Å². The van der Waals surface area contributed by atoms with Crippen LogP contribution in [0.15, 0.2) is 66.7 Å². The quantitative estimate of drug-likeness (QED) is 0.134. The third kappa shape index (κ3) is 6.47. The topological polar surface area (TPSA) is 23.5 Å². The van der Waals surface area contributed by atoms with Gasteiger partial charge in [0.2, 0.25) is 0 Å². The first kappa shape index (κ1) is 26.6. The van der Waals surface area contributed by atoms with Crippen LogP contribution in [-0.4, -0.2) is 29.6 Å². The lowest BCUT2D eigenvalue weighted by atomic mass is 9.90. The Morgan fingerprint density at radius 3 is 1.53 bits per heavy atom. The van der Waals surface area contributed by atoms with Crippen LogP contribution >= 0.6 is 0 Å². The van der Waals surface area contributed by atoms with E-state index in [0.717, 1.165) is 18.7 Å². The number of hydrogen-bond acceptors (Lipinski definition) is 2. The predicted octanol–water partition coefficient (Wildman–Crippen LogP) is 9.42. The van der Waals surface area contributed by atoms with Gasteiger partial charge >= 0.3 is 0 Å². The Hall–Kier alpha value is -2.42. The fourth-order valence-corrected chi connectivity index (χ4v) is 5.78. The summed E-state index contributed by atoms with van der Waals surface area (Å²) in [4.78, 5) is 2.53. The Balaban J connectivity index is 1.61.